The van der Waals surface area contributed by atoms with Gasteiger partial charge in [-0.15, -0.1) is 0 Å². The number of aliphatic hydroxyl groups is 3. The van der Waals surface area contributed by atoms with Crippen LogP contribution in [0.5, 0.6) is 0 Å². The van der Waals surface area contributed by atoms with E-state index in [2.05, 4.69) is 0 Å². The summed E-state index contributed by atoms with van der Waals surface area (Å²) in [6, 6.07) is -1.70. The van der Waals surface area contributed by atoms with Gasteiger partial charge in [0.25, 0.3) is 11.7 Å². The molecule has 4 saturated heterocycles. The zero-order chi connectivity index (χ0) is 49.7. The van der Waals surface area contributed by atoms with E-state index in [-0.39, 0.29) is 66.6 Å². The predicted molar refractivity (Wildman–Crippen MR) is 256 cm³/mol. The zero-order valence-corrected chi connectivity index (χ0v) is 42.5. The van der Waals surface area contributed by atoms with E-state index < -0.39 is 87.9 Å². The topological polar surface area (TPSA) is 207 Å². The number of carbonyl (C=O) groups excluding carboxylic acids is 4. The Kier molecular flexibility index (Phi) is 18.7. The number of ketones is 2. The molecule has 382 valence electrons. The number of ether oxygens (including phenoxy) is 4. The van der Waals surface area contributed by atoms with Gasteiger partial charge in [-0.05, 0) is 132 Å². The number of carbonyl (C=O) groups is 4. The first kappa shape index (κ1) is 54.2. The van der Waals surface area contributed by atoms with Gasteiger partial charge >= 0.3 is 5.97 Å². The molecular weight excluding hydrogens is 893 g/mol. The Balaban J connectivity index is 1.33. The molecule has 0 aromatic heterocycles. The number of methoxy groups -OCH3 is 2. The third-order valence-electron chi connectivity index (χ3n) is 16.2. The Morgan fingerprint density at radius 1 is 0.809 bits per heavy atom. The summed E-state index contributed by atoms with van der Waals surface area (Å²) in [5.74, 6) is -6.64. The fourth-order valence-electron chi connectivity index (χ4n) is 12.1. The van der Waals surface area contributed by atoms with Gasteiger partial charge in [-0.25, -0.2) is 13.2 Å². The summed E-state index contributed by atoms with van der Waals surface area (Å²) in [6.45, 7) is 11.6. The number of allylic oxidation sites excluding steroid dienone is 6. The van der Waals surface area contributed by atoms with Crippen LogP contribution in [0.15, 0.2) is 47.6 Å². The molecule has 6 aliphatic rings. The SMILES string of the molecule is CO[C@@H]1C[C@H](CC2[C@H]3CCN4C(=O)C(=O)[C@]5(O)O[C@@H](CC[C@H]5C)C[C@H](N5CCCS5(=O)=O)/C(C)=C/C=C/C=C/[C@@H](C)C[C@@H](C)C(=O)[C@H](OC)[C@H](O)/C(C)=C/[C@@H](C)CC[C@@H]2OC(=O)[C@@H]4C3)CC[C@H]1O. The first-order chi connectivity index (χ1) is 32.2. The number of rotatable bonds is 5. The molecule has 3 N–H and O–H groups in total. The van der Waals surface area contributed by atoms with E-state index in [1.165, 1.54) is 16.3 Å². The lowest BCUT2D eigenvalue weighted by molar-refractivity contribution is -0.264. The van der Waals surface area contributed by atoms with Gasteiger partial charge < -0.3 is 39.2 Å². The maximum Gasteiger partial charge on any atom is 0.329 e. The first-order valence-electron chi connectivity index (χ1n) is 25.3. The molecule has 0 aromatic rings. The minimum atomic E-state index is -3.60. The van der Waals surface area contributed by atoms with E-state index in [1.807, 2.05) is 64.2 Å². The average molecular weight is 973 g/mol. The van der Waals surface area contributed by atoms with Gasteiger partial charge in [0.1, 0.15) is 24.4 Å². The van der Waals surface area contributed by atoms with Crippen LogP contribution in [0.1, 0.15) is 125 Å². The number of sulfonamides is 1. The Hall–Kier alpha value is -3.09. The number of Topliss-reactive ketones (excluding diaryl/α,β-unsaturated/α-hetero) is 2. The summed E-state index contributed by atoms with van der Waals surface area (Å²) in [4.78, 5) is 58.3. The summed E-state index contributed by atoms with van der Waals surface area (Å²) >= 11 is 0. The number of aliphatic hydroxyl groups excluding tert-OH is 2. The van der Waals surface area contributed by atoms with Gasteiger partial charge in [0.05, 0.1) is 24.1 Å². The van der Waals surface area contributed by atoms with Crippen molar-refractivity contribution in [1.29, 1.82) is 0 Å². The standard InChI is InChI=1S/C52H80N2O13S/c1-31-13-10-9-11-14-33(3)41(54-22-12-24-68(54,62)63)30-39-18-16-36(6)52(61,67-39)49(58)50(59)53-23-21-38-29-42(53)51(60)66-44(40(38)27-37-17-19-43(55)45(28-37)64-7)20-15-32(2)26-35(5)47(57)48(65-8)46(56)34(4)25-31/h9-11,13-14,26,31-32,34,36-45,47-48,55,57,61H,12,15-25,27-30H2,1-8H3/b11-9+,13-10+,33-14+,35-26+/t31-,32+,34-,36-,37+,38+,39+,40?,41+,42+,43-,44+,45-,47-,48+,52-/m1/s1. The number of nitrogens with zero attached hydrogens (tertiary/aromatic N) is 2. The van der Waals surface area contributed by atoms with E-state index in [0.29, 0.717) is 69.9 Å². The van der Waals surface area contributed by atoms with Crippen molar-refractivity contribution in [3.8, 4) is 0 Å². The van der Waals surface area contributed by atoms with Gasteiger partial charge in [-0.2, -0.15) is 4.31 Å². The van der Waals surface area contributed by atoms with E-state index in [1.54, 1.807) is 21.0 Å². The van der Waals surface area contributed by atoms with Gasteiger partial charge in [0.15, 0.2) is 5.78 Å². The molecule has 0 radical (unpaired) electrons. The van der Waals surface area contributed by atoms with Gasteiger partial charge in [0.2, 0.25) is 15.8 Å². The summed E-state index contributed by atoms with van der Waals surface area (Å²) in [5, 5.41) is 34.3. The Morgan fingerprint density at radius 3 is 2.25 bits per heavy atom. The third kappa shape index (κ3) is 12.5. The second-order valence-electron chi connectivity index (χ2n) is 21.2. The predicted octanol–water partition coefficient (Wildman–Crippen LogP) is 5.61. The molecule has 5 fully saturated rings. The summed E-state index contributed by atoms with van der Waals surface area (Å²) in [7, 11) is -0.564. The van der Waals surface area contributed by atoms with Crippen molar-refractivity contribution in [3.63, 3.8) is 0 Å². The van der Waals surface area contributed by atoms with Crippen LogP contribution in [0.3, 0.4) is 0 Å². The van der Waals surface area contributed by atoms with Crippen molar-refractivity contribution >= 4 is 33.5 Å². The molecular formula is C52H80N2O13S. The largest absolute Gasteiger partial charge is 0.461 e. The van der Waals surface area contributed by atoms with Crippen LogP contribution in [0.25, 0.3) is 0 Å². The highest BCUT2D eigenvalue weighted by atomic mass is 32.2. The van der Waals surface area contributed by atoms with Crippen LogP contribution in [-0.2, 0) is 48.1 Å². The first-order valence-corrected chi connectivity index (χ1v) is 26.9. The Labute approximate surface area is 404 Å². The molecule has 16 atom stereocenters. The molecule has 1 saturated carbocycles. The lowest BCUT2D eigenvalue weighted by Gasteiger charge is -2.44. The van der Waals surface area contributed by atoms with Crippen LogP contribution in [0.4, 0.5) is 0 Å². The van der Waals surface area contributed by atoms with E-state index in [0.717, 1.165) is 18.4 Å². The molecule has 1 amide bonds. The zero-order valence-electron chi connectivity index (χ0n) is 41.7. The fourth-order valence-corrected chi connectivity index (χ4v) is 13.9. The summed E-state index contributed by atoms with van der Waals surface area (Å²) in [5.41, 5.74) is 1.33. The van der Waals surface area contributed by atoms with Gasteiger partial charge in [0, 0.05) is 45.2 Å². The van der Waals surface area contributed by atoms with Gasteiger partial charge in [-0.1, -0.05) is 69.7 Å². The number of amides is 1. The van der Waals surface area contributed by atoms with E-state index in [4.69, 9.17) is 18.9 Å². The maximum atomic E-state index is 14.5. The molecule has 1 unspecified atom stereocenters. The van der Waals surface area contributed by atoms with Crippen molar-refractivity contribution in [2.45, 2.75) is 180 Å². The van der Waals surface area contributed by atoms with Crippen molar-refractivity contribution in [2.75, 3.05) is 33.1 Å². The van der Waals surface area contributed by atoms with Crippen LogP contribution in [0.2, 0.25) is 0 Å². The Morgan fingerprint density at radius 2 is 1.56 bits per heavy atom. The summed E-state index contributed by atoms with van der Waals surface area (Å²) in [6.07, 6.45) is 13.4. The second kappa shape index (κ2) is 23.4. The monoisotopic (exact) mass is 973 g/mol. The van der Waals surface area contributed by atoms with Crippen LogP contribution < -0.4 is 0 Å². The van der Waals surface area contributed by atoms with Crippen molar-refractivity contribution in [1.82, 2.24) is 9.21 Å². The molecule has 1 aliphatic carbocycles. The number of hydrogen-bond donors (Lipinski definition) is 3. The van der Waals surface area contributed by atoms with E-state index >= 15 is 0 Å². The second-order valence-corrected chi connectivity index (χ2v) is 23.3. The highest BCUT2D eigenvalue weighted by Crippen LogP contribution is 2.44. The highest BCUT2D eigenvalue weighted by Gasteiger charge is 2.55. The van der Waals surface area contributed by atoms with Crippen LogP contribution in [-0.4, -0.2) is 144 Å². The number of piperidine rings is 1. The van der Waals surface area contributed by atoms with E-state index in [9.17, 15) is 42.9 Å². The smallest absolute Gasteiger partial charge is 0.329 e. The lowest BCUT2D eigenvalue weighted by Crippen LogP contribution is -2.61. The molecule has 5 heterocycles. The quantitative estimate of drug-likeness (QED) is 0.174. The molecule has 16 heteroatoms. The molecule has 6 rings (SSSR count). The number of fused-ring (bicyclic) bond motifs is 5. The lowest BCUT2D eigenvalue weighted by atomic mass is 9.71. The van der Waals surface area contributed by atoms with Crippen LogP contribution >= 0.6 is 0 Å². The average Bonchev–Trinajstić information content (AvgIpc) is 3.62. The number of esters is 1. The summed E-state index contributed by atoms with van der Waals surface area (Å²) < 4.78 is 52.2. The fraction of sp³-hybridized carbons (Fsp3) is 0.769. The third-order valence-corrected chi connectivity index (χ3v) is 18.2. The minimum Gasteiger partial charge on any atom is -0.461 e. The molecule has 5 bridgehead atoms. The van der Waals surface area contributed by atoms with Gasteiger partial charge in [-0.3, -0.25) is 14.4 Å². The Bertz CT molecular complexity index is 2040. The van der Waals surface area contributed by atoms with Crippen molar-refractivity contribution < 1.29 is 61.9 Å². The maximum absolute atomic E-state index is 14.5. The molecule has 5 aliphatic heterocycles. The number of hydrogen-bond acceptors (Lipinski definition) is 13. The molecule has 68 heavy (non-hydrogen) atoms. The van der Waals surface area contributed by atoms with Crippen LogP contribution in [0, 0.1) is 41.4 Å². The van der Waals surface area contributed by atoms with Crippen molar-refractivity contribution in [3.05, 3.63) is 47.6 Å². The molecule has 0 spiro atoms. The molecule has 15 nitrogen and oxygen atoms in total. The highest BCUT2D eigenvalue weighted by molar-refractivity contribution is 7.89. The molecule has 0 aromatic carbocycles. The normalized spacial score (nSPS) is 43.5. The minimum absolute atomic E-state index is 0.00280. The van der Waals surface area contributed by atoms with Crippen molar-refractivity contribution in [2.24, 2.45) is 41.4 Å².